The lowest BCUT2D eigenvalue weighted by Crippen LogP contribution is -2.43. The van der Waals surface area contributed by atoms with Gasteiger partial charge in [-0.15, -0.1) is 0 Å². The Morgan fingerprint density at radius 3 is 2.57 bits per heavy atom. The number of halogens is 1. The Labute approximate surface area is 127 Å². The standard InChI is InChI=1S/C11H12BrN3O6/c12-7-5-6(15(20)21)1-2-8(7)13-11(19)14-9(3-4-16)10(17)18/h1-2,5,9,16H,3-4H2,(H,17,18)(H2,13,14,19)/t9-/m1/s1. The van der Waals surface area contributed by atoms with Crippen LogP contribution in [0.25, 0.3) is 0 Å². The molecule has 114 valence electrons. The highest BCUT2D eigenvalue weighted by Gasteiger charge is 2.20. The molecular formula is C11H12BrN3O6. The highest BCUT2D eigenvalue weighted by Crippen LogP contribution is 2.26. The molecule has 0 radical (unpaired) electrons. The summed E-state index contributed by atoms with van der Waals surface area (Å²) in [6, 6.07) is 1.68. The molecular weight excluding hydrogens is 350 g/mol. The van der Waals surface area contributed by atoms with Crippen molar-refractivity contribution in [3.63, 3.8) is 0 Å². The second-order valence-electron chi connectivity index (χ2n) is 3.92. The van der Waals surface area contributed by atoms with Crippen LogP contribution in [0.1, 0.15) is 6.42 Å². The zero-order chi connectivity index (χ0) is 16.0. The van der Waals surface area contributed by atoms with Crippen molar-refractivity contribution in [1.82, 2.24) is 5.32 Å². The Hall–Kier alpha value is -2.20. The SMILES string of the molecule is O=C(Nc1ccc([N+](=O)[O-])cc1Br)N[C@H](CCO)C(=O)O. The summed E-state index contributed by atoms with van der Waals surface area (Å²) >= 11 is 3.07. The van der Waals surface area contributed by atoms with Crippen LogP contribution in [0.4, 0.5) is 16.2 Å². The normalized spacial score (nSPS) is 11.5. The summed E-state index contributed by atoms with van der Waals surface area (Å²) < 4.78 is 0.279. The lowest BCUT2D eigenvalue weighted by atomic mass is 10.2. The third-order valence-electron chi connectivity index (χ3n) is 2.43. The molecule has 10 heteroatoms. The number of nitro groups is 1. The molecule has 4 N–H and O–H groups in total. The van der Waals surface area contributed by atoms with Crippen LogP contribution in [0.3, 0.4) is 0 Å². The van der Waals surface area contributed by atoms with Gasteiger partial charge in [-0.3, -0.25) is 10.1 Å². The number of aliphatic hydroxyl groups is 1. The molecule has 1 aromatic carbocycles. The van der Waals surface area contributed by atoms with E-state index in [2.05, 4.69) is 26.6 Å². The molecule has 0 spiro atoms. The van der Waals surface area contributed by atoms with Gasteiger partial charge in [0.2, 0.25) is 0 Å². The van der Waals surface area contributed by atoms with Crippen LogP contribution in [0.2, 0.25) is 0 Å². The van der Waals surface area contributed by atoms with Gasteiger partial charge in [0.15, 0.2) is 0 Å². The van der Waals surface area contributed by atoms with Crippen LogP contribution in [-0.2, 0) is 4.79 Å². The molecule has 1 atom stereocenters. The maximum absolute atomic E-state index is 11.7. The van der Waals surface area contributed by atoms with Crippen LogP contribution in [-0.4, -0.2) is 39.8 Å². The number of benzene rings is 1. The first-order valence-electron chi connectivity index (χ1n) is 5.70. The number of nitro benzene ring substituents is 1. The van der Waals surface area contributed by atoms with E-state index in [-0.39, 0.29) is 22.3 Å². The number of anilines is 1. The number of carboxylic acids is 1. The van der Waals surface area contributed by atoms with Gasteiger partial charge >= 0.3 is 12.0 Å². The number of carbonyl (C=O) groups excluding carboxylic acids is 1. The lowest BCUT2D eigenvalue weighted by Gasteiger charge is -2.14. The van der Waals surface area contributed by atoms with Gasteiger partial charge in [-0.25, -0.2) is 9.59 Å². The molecule has 0 aliphatic rings. The molecule has 0 bridgehead atoms. The van der Waals surface area contributed by atoms with E-state index in [4.69, 9.17) is 10.2 Å². The van der Waals surface area contributed by atoms with Gasteiger partial charge in [-0.2, -0.15) is 0 Å². The summed E-state index contributed by atoms with van der Waals surface area (Å²) in [7, 11) is 0. The van der Waals surface area contributed by atoms with E-state index in [1.54, 1.807) is 0 Å². The summed E-state index contributed by atoms with van der Waals surface area (Å²) in [4.78, 5) is 32.5. The Morgan fingerprint density at radius 2 is 2.10 bits per heavy atom. The summed E-state index contributed by atoms with van der Waals surface area (Å²) in [5.74, 6) is -1.28. The molecule has 0 aliphatic carbocycles. The van der Waals surface area contributed by atoms with Crippen molar-refractivity contribution < 1.29 is 24.7 Å². The molecule has 0 fully saturated rings. The highest BCUT2D eigenvalue weighted by atomic mass is 79.9. The molecule has 0 heterocycles. The number of aliphatic carboxylic acids is 1. The summed E-state index contributed by atoms with van der Waals surface area (Å²) in [5.41, 5.74) is 0.0859. The zero-order valence-electron chi connectivity index (χ0n) is 10.6. The van der Waals surface area contributed by atoms with Crippen LogP contribution in [0, 0.1) is 10.1 Å². The lowest BCUT2D eigenvalue weighted by molar-refractivity contribution is -0.384. The minimum Gasteiger partial charge on any atom is -0.480 e. The first kappa shape index (κ1) is 16.9. The molecule has 0 saturated heterocycles. The predicted octanol–water partition coefficient (Wildman–Crippen LogP) is 1.31. The van der Waals surface area contributed by atoms with E-state index < -0.39 is 29.6 Å². The molecule has 2 amide bonds. The van der Waals surface area contributed by atoms with Crippen molar-refractivity contribution in [3.05, 3.63) is 32.8 Å². The zero-order valence-corrected chi connectivity index (χ0v) is 12.2. The third-order valence-corrected chi connectivity index (χ3v) is 3.09. The van der Waals surface area contributed by atoms with Crippen LogP contribution in [0.15, 0.2) is 22.7 Å². The third kappa shape index (κ3) is 5.00. The van der Waals surface area contributed by atoms with E-state index in [1.807, 2.05) is 0 Å². The van der Waals surface area contributed by atoms with E-state index >= 15 is 0 Å². The van der Waals surface area contributed by atoms with Gasteiger partial charge in [0.25, 0.3) is 5.69 Å². The van der Waals surface area contributed by atoms with Gasteiger partial charge in [0, 0.05) is 29.6 Å². The molecule has 0 aliphatic heterocycles. The number of carboxylic acid groups (broad SMARTS) is 1. The number of hydrogen-bond acceptors (Lipinski definition) is 5. The van der Waals surface area contributed by atoms with Gasteiger partial charge in [-0.05, 0) is 22.0 Å². The average molecular weight is 362 g/mol. The molecule has 9 nitrogen and oxygen atoms in total. The molecule has 1 rings (SSSR count). The first-order valence-corrected chi connectivity index (χ1v) is 6.49. The topological polar surface area (TPSA) is 142 Å². The van der Waals surface area contributed by atoms with E-state index in [1.165, 1.54) is 18.2 Å². The average Bonchev–Trinajstić information content (AvgIpc) is 2.40. The monoisotopic (exact) mass is 361 g/mol. The highest BCUT2D eigenvalue weighted by molar-refractivity contribution is 9.10. The van der Waals surface area contributed by atoms with Gasteiger partial charge in [0.1, 0.15) is 6.04 Å². The Kier molecular flexibility index (Phi) is 6.06. The van der Waals surface area contributed by atoms with E-state index in [0.717, 1.165) is 0 Å². The van der Waals surface area contributed by atoms with Gasteiger partial charge < -0.3 is 20.8 Å². The van der Waals surface area contributed by atoms with Crippen molar-refractivity contribution >= 4 is 39.3 Å². The minimum absolute atomic E-state index is 0.135. The Bertz CT molecular complexity index is 565. The number of nitrogens with one attached hydrogen (secondary N) is 2. The summed E-state index contributed by atoms with van der Waals surface area (Å²) in [6.07, 6.45) is -0.135. The summed E-state index contributed by atoms with van der Waals surface area (Å²) in [5, 5.41) is 32.6. The van der Waals surface area contributed by atoms with Crippen molar-refractivity contribution in [1.29, 1.82) is 0 Å². The maximum atomic E-state index is 11.7. The van der Waals surface area contributed by atoms with Crippen LogP contribution in [0.5, 0.6) is 0 Å². The van der Waals surface area contributed by atoms with Crippen LogP contribution >= 0.6 is 15.9 Å². The number of carbonyl (C=O) groups is 2. The summed E-state index contributed by atoms with van der Waals surface area (Å²) in [6.45, 7) is -0.390. The molecule has 0 saturated carbocycles. The second kappa shape index (κ2) is 7.55. The van der Waals surface area contributed by atoms with Crippen molar-refractivity contribution in [2.24, 2.45) is 0 Å². The number of rotatable bonds is 6. The number of amides is 2. The number of nitrogens with zero attached hydrogens (tertiary/aromatic N) is 1. The number of urea groups is 1. The maximum Gasteiger partial charge on any atom is 0.326 e. The quantitative estimate of drug-likeness (QED) is 0.444. The molecule has 21 heavy (non-hydrogen) atoms. The fourth-order valence-electron chi connectivity index (χ4n) is 1.42. The fourth-order valence-corrected chi connectivity index (χ4v) is 1.89. The number of aliphatic hydroxyl groups excluding tert-OH is 1. The van der Waals surface area contributed by atoms with Crippen molar-refractivity contribution in [2.45, 2.75) is 12.5 Å². The van der Waals surface area contributed by atoms with Crippen molar-refractivity contribution in [3.8, 4) is 0 Å². The first-order chi connectivity index (χ1) is 9.85. The smallest absolute Gasteiger partial charge is 0.326 e. The van der Waals surface area contributed by atoms with Crippen molar-refractivity contribution in [2.75, 3.05) is 11.9 Å². The molecule has 0 unspecified atom stereocenters. The van der Waals surface area contributed by atoms with Crippen LogP contribution < -0.4 is 10.6 Å². The Morgan fingerprint density at radius 1 is 1.43 bits per heavy atom. The Balaban J connectivity index is 2.74. The molecule has 0 aromatic heterocycles. The largest absolute Gasteiger partial charge is 0.480 e. The van der Waals surface area contributed by atoms with Gasteiger partial charge in [-0.1, -0.05) is 0 Å². The van der Waals surface area contributed by atoms with E-state index in [9.17, 15) is 19.7 Å². The molecule has 1 aromatic rings. The number of hydrogen-bond donors (Lipinski definition) is 4. The van der Waals surface area contributed by atoms with E-state index in [0.29, 0.717) is 0 Å². The fraction of sp³-hybridized carbons (Fsp3) is 0.273. The minimum atomic E-state index is -1.28. The predicted molar refractivity (Wildman–Crippen MR) is 76.1 cm³/mol. The second-order valence-corrected chi connectivity index (χ2v) is 4.78. The van der Waals surface area contributed by atoms with Gasteiger partial charge in [0.05, 0.1) is 10.6 Å². The number of non-ortho nitro benzene ring substituents is 1.